The van der Waals surface area contributed by atoms with Crippen molar-refractivity contribution in [1.82, 2.24) is 9.97 Å². The molecule has 2 aromatic rings. The molecule has 0 saturated carbocycles. The lowest BCUT2D eigenvalue weighted by atomic mass is 9.75. The van der Waals surface area contributed by atoms with Gasteiger partial charge in [-0.1, -0.05) is 13.8 Å². The fraction of sp³-hybridized carbons (Fsp3) is 0.500. The minimum atomic E-state index is -0.482. The predicted molar refractivity (Wildman–Crippen MR) is 74.6 cm³/mol. The van der Waals surface area contributed by atoms with Crippen LogP contribution in [0.3, 0.4) is 0 Å². The molecule has 0 bridgehead atoms. The van der Waals surface area contributed by atoms with Crippen LogP contribution < -0.4 is 11.4 Å². The maximum atomic E-state index is 12.2. The summed E-state index contributed by atoms with van der Waals surface area (Å²) in [7, 11) is 0. The molecule has 0 radical (unpaired) electrons. The Morgan fingerprint density at radius 1 is 1.40 bits per heavy atom. The van der Waals surface area contributed by atoms with Gasteiger partial charge in [0.15, 0.2) is 0 Å². The van der Waals surface area contributed by atoms with Gasteiger partial charge in [0.1, 0.15) is 11.1 Å². The minimum absolute atomic E-state index is 0.126. The van der Waals surface area contributed by atoms with Crippen molar-refractivity contribution >= 4 is 16.9 Å². The first kappa shape index (κ1) is 13.1. The van der Waals surface area contributed by atoms with Gasteiger partial charge in [-0.2, -0.15) is 0 Å². The van der Waals surface area contributed by atoms with E-state index in [9.17, 15) is 9.90 Å². The average Bonchev–Trinajstić information content (AvgIpc) is 2.29. The number of aliphatic hydroxyl groups excluding tert-OH is 1. The zero-order chi connectivity index (χ0) is 14.7. The van der Waals surface area contributed by atoms with Crippen molar-refractivity contribution in [3.05, 3.63) is 27.4 Å². The number of rotatable bonds is 0. The molecule has 1 aliphatic rings. The van der Waals surface area contributed by atoms with Crippen molar-refractivity contribution < 1.29 is 9.52 Å². The number of nitrogens with two attached hydrogens (primary N) is 1. The molecule has 20 heavy (non-hydrogen) atoms. The number of aryl methyl sites for hydroxylation is 1. The van der Waals surface area contributed by atoms with Gasteiger partial charge in [-0.15, -0.1) is 0 Å². The zero-order valence-electron chi connectivity index (χ0n) is 11.7. The lowest BCUT2D eigenvalue weighted by Gasteiger charge is -2.33. The van der Waals surface area contributed by atoms with Crippen LogP contribution in [0, 0.1) is 6.92 Å². The summed E-state index contributed by atoms with van der Waals surface area (Å²) in [5.74, 6) is 0.721. The molecule has 3 rings (SSSR count). The van der Waals surface area contributed by atoms with Crippen LogP contribution in [0.4, 0.5) is 5.95 Å². The Balaban J connectivity index is 2.47. The standard InChI is InChI=1S/C14H17N3O3/c1-6-9-10(17-13(15)16-6)8-4-7(18)5-14(2,3)11(8)20-12(9)19/h7,18H,4-5H2,1-3H3,(H2,15,16,17)/t7-/m0/s1. The van der Waals surface area contributed by atoms with Gasteiger partial charge in [0, 0.05) is 17.4 Å². The molecule has 0 unspecified atom stereocenters. The highest BCUT2D eigenvalue weighted by Crippen LogP contribution is 2.38. The van der Waals surface area contributed by atoms with Crippen molar-refractivity contribution in [2.75, 3.05) is 5.73 Å². The lowest BCUT2D eigenvalue weighted by Crippen LogP contribution is -2.34. The Morgan fingerprint density at radius 2 is 2.10 bits per heavy atom. The van der Waals surface area contributed by atoms with E-state index in [4.69, 9.17) is 10.2 Å². The van der Waals surface area contributed by atoms with Crippen LogP contribution in [0.2, 0.25) is 0 Å². The first-order valence-corrected chi connectivity index (χ1v) is 6.58. The van der Waals surface area contributed by atoms with Crippen LogP contribution >= 0.6 is 0 Å². The van der Waals surface area contributed by atoms with Gasteiger partial charge in [0.25, 0.3) is 0 Å². The Kier molecular flexibility index (Phi) is 2.62. The van der Waals surface area contributed by atoms with E-state index in [0.29, 0.717) is 35.2 Å². The summed E-state index contributed by atoms with van der Waals surface area (Å²) in [4.78, 5) is 20.4. The van der Waals surface area contributed by atoms with E-state index in [-0.39, 0.29) is 5.95 Å². The normalized spacial score (nSPS) is 20.9. The van der Waals surface area contributed by atoms with Crippen LogP contribution in [0.15, 0.2) is 9.21 Å². The number of hydrogen-bond donors (Lipinski definition) is 2. The third kappa shape index (κ3) is 1.79. The molecule has 6 nitrogen and oxygen atoms in total. The Hall–Kier alpha value is -1.95. The maximum absolute atomic E-state index is 12.2. The number of fused-ring (bicyclic) bond motifs is 3. The first-order valence-electron chi connectivity index (χ1n) is 6.58. The van der Waals surface area contributed by atoms with Gasteiger partial charge < -0.3 is 15.3 Å². The SMILES string of the molecule is Cc1nc(N)nc2c3c(oc(=O)c12)C(C)(C)C[C@@H](O)C3. The van der Waals surface area contributed by atoms with E-state index in [2.05, 4.69) is 9.97 Å². The van der Waals surface area contributed by atoms with Crippen molar-refractivity contribution in [2.45, 2.75) is 45.1 Å². The van der Waals surface area contributed by atoms with E-state index in [0.717, 1.165) is 5.56 Å². The summed E-state index contributed by atoms with van der Waals surface area (Å²) in [5, 5.41) is 10.4. The highest BCUT2D eigenvalue weighted by Gasteiger charge is 2.37. The maximum Gasteiger partial charge on any atom is 0.347 e. The van der Waals surface area contributed by atoms with Crippen LogP contribution in [0.5, 0.6) is 0 Å². The van der Waals surface area contributed by atoms with Gasteiger partial charge in [-0.25, -0.2) is 14.8 Å². The van der Waals surface area contributed by atoms with Gasteiger partial charge in [0.2, 0.25) is 5.95 Å². The van der Waals surface area contributed by atoms with Crippen molar-refractivity contribution in [3.63, 3.8) is 0 Å². The first-order chi connectivity index (χ1) is 9.29. The summed E-state index contributed by atoms with van der Waals surface area (Å²) >= 11 is 0. The van der Waals surface area contributed by atoms with Gasteiger partial charge in [-0.3, -0.25) is 0 Å². The molecule has 1 atom stereocenters. The molecule has 6 heteroatoms. The van der Waals surface area contributed by atoms with Crippen molar-refractivity contribution in [2.24, 2.45) is 0 Å². The molecular weight excluding hydrogens is 258 g/mol. The van der Waals surface area contributed by atoms with Crippen molar-refractivity contribution in [1.29, 1.82) is 0 Å². The molecule has 2 aromatic heterocycles. The second-order valence-corrected chi connectivity index (χ2v) is 6.03. The third-order valence-electron chi connectivity index (χ3n) is 3.87. The molecule has 2 heterocycles. The number of aromatic nitrogens is 2. The molecule has 0 amide bonds. The number of aliphatic hydroxyl groups is 1. The van der Waals surface area contributed by atoms with Crippen molar-refractivity contribution in [3.8, 4) is 0 Å². The summed E-state index contributed by atoms with van der Waals surface area (Å²) in [6, 6.07) is 0. The highest BCUT2D eigenvalue weighted by atomic mass is 16.4. The van der Waals surface area contributed by atoms with Gasteiger partial charge >= 0.3 is 5.63 Å². The molecule has 1 aliphatic carbocycles. The molecule has 0 spiro atoms. The van der Waals surface area contributed by atoms with Crippen LogP contribution in [0.25, 0.3) is 10.9 Å². The number of hydrogen-bond acceptors (Lipinski definition) is 6. The smallest absolute Gasteiger partial charge is 0.347 e. The fourth-order valence-corrected chi connectivity index (χ4v) is 3.10. The molecule has 106 valence electrons. The number of nitrogen functional groups attached to an aromatic ring is 1. The largest absolute Gasteiger partial charge is 0.426 e. The molecule has 3 N–H and O–H groups in total. The fourth-order valence-electron chi connectivity index (χ4n) is 3.10. The Labute approximate surface area is 115 Å². The minimum Gasteiger partial charge on any atom is -0.426 e. The van der Waals surface area contributed by atoms with Gasteiger partial charge in [-0.05, 0) is 13.3 Å². The predicted octanol–water partition coefficient (Wildman–Crippen LogP) is 1.06. The molecule has 0 saturated heterocycles. The second-order valence-electron chi connectivity index (χ2n) is 6.03. The van der Waals surface area contributed by atoms with E-state index in [1.807, 2.05) is 13.8 Å². The second kappa shape index (κ2) is 4.02. The Morgan fingerprint density at radius 3 is 2.80 bits per heavy atom. The van der Waals surface area contributed by atoms with E-state index >= 15 is 0 Å². The van der Waals surface area contributed by atoms with E-state index < -0.39 is 17.1 Å². The molecule has 0 aliphatic heterocycles. The van der Waals surface area contributed by atoms with E-state index in [1.54, 1.807) is 6.92 Å². The Bertz CT molecular complexity index is 764. The molecular formula is C14H17N3O3. The summed E-state index contributed by atoms with van der Waals surface area (Å²) in [5.41, 5.74) is 6.61. The monoisotopic (exact) mass is 275 g/mol. The van der Waals surface area contributed by atoms with Crippen LogP contribution in [-0.2, 0) is 11.8 Å². The summed E-state index contributed by atoms with van der Waals surface area (Å²) < 4.78 is 5.51. The van der Waals surface area contributed by atoms with Gasteiger partial charge in [0.05, 0.1) is 17.3 Å². The van der Waals surface area contributed by atoms with Crippen LogP contribution in [-0.4, -0.2) is 21.2 Å². The number of anilines is 1. The van der Waals surface area contributed by atoms with Crippen LogP contribution in [0.1, 0.15) is 37.3 Å². The third-order valence-corrected chi connectivity index (χ3v) is 3.87. The summed E-state index contributed by atoms with van der Waals surface area (Å²) in [6.07, 6.45) is 0.480. The molecule has 0 fully saturated rings. The number of nitrogens with zero attached hydrogens (tertiary/aromatic N) is 2. The average molecular weight is 275 g/mol. The quantitative estimate of drug-likeness (QED) is 0.745. The topological polar surface area (TPSA) is 102 Å². The lowest BCUT2D eigenvalue weighted by molar-refractivity contribution is 0.115. The van der Waals surface area contributed by atoms with E-state index in [1.165, 1.54) is 0 Å². The highest BCUT2D eigenvalue weighted by molar-refractivity contribution is 5.84. The summed E-state index contributed by atoms with van der Waals surface area (Å²) in [6.45, 7) is 5.59. The molecule has 0 aromatic carbocycles. The zero-order valence-corrected chi connectivity index (χ0v) is 11.7.